The average Bonchev–Trinajstić information content (AvgIpc) is 3.14. The van der Waals surface area contributed by atoms with E-state index in [-0.39, 0.29) is 23.8 Å². The zero-order chi connectivity index (χ0) is 17.3. The first-order valence-electron chi connectivity index (χ1n) is 7.80. The summed E-state index contributed by atoms with van der Waals surface area (Å²) < 4.78 is 50.5. The zero-order valence-corrected chi connectivity index (χ0v) is 13.1. The van der Waals surface area contributed by atoms with Crippen LogP contribution in [0.1, 0.15) is 30.9 Å². The Kier molecular flexibility index (Phi) is 4.58. The number of urea groups is 1. The molecule has 24 heavy (non-hydrogen) atoms. The minimum atomic E-state index is -4.60. The molecule has 1 aromatic rings. The molecule has 2 amide bonds. The molecule has 0 radical (unpaired) electrons. The van der Waals surface area contributed by atoms with Gasteiger partial charge in [-0.2, -0.15) is 13.2 Å². The van der Waals surface area contributed by atoms with Crippen LogP contribution >= 0.6 is 0 Å². The highest BCUT2D eigenvalue weighted by atomic mass is 19.4. The van der Waals surface area contributed by atoms with E-state index in [0.29, 0.717) is 12.2 Å². The summed E-state index contributed by atoms with van der Waals surface area (Å²) in [5.41, 5.74) is -0.0531. The van der Waals surface area contributed by atoms with Crippen molar-refractivity contribution in [1.29, 1.82) is 0 Å². The molecule has 2 N–H and O–H groups in total. The second-order valence-electron chi connectivity index (χ2n) is 6.08. The number of methoxy groups -OCH3 is 1. The van der Waals surface area contributed by atoms with E-state index in [1.165, 1.54) is 31.4 Å². The highest BCUT2D eigenvalue weighted by Crippen LogP contribution is 2.35. The number of ether oxygens (including phenoxy) is 2. The molecule has 2 fully saturated rings. The summed E-state index contributed by atoms with van der Waals surface area (Å²) in [4.78, 5) is 12.0. The molecule has 2 saturated heterocycles. The Morgan fingerprint density at radius 1 is 1.29 bits per heavy atom. The molecule has 0 spiro atoms. The lowest BCUT2D eigenvalue weighted by Crippen LogP contribution is -2.49. The Morgan fingerprint density at radius 2 is 2.00 bits per heavy atom. The summed E-state index contributed by atoms with van der Waals surface area (Å²) in [6.45, 7) is 0. The summed E-state index contributed by atoms with van der Waals surface area (Å²) in [5.74, 6) is 0.447. The van der Waals surface area contributed by atoms with Crippen LogP contribution in [0.4, 0.5) is 18.0 Å². The highest BCUT2D eigenvalue weighted by Gasteiger charge is 2.44. The third-order valence-corrected chi connectivity index (χ3v) is 4.47. The predicted molar refractivity (Wildman–Crippen MR) is 79.8 cm³/mol. The monoisotopic (exact) mass is 344 g/mol. The van der Waals surface area contributed by atoms with Crippen molar-refractivity contribution < 1.29 is 27.4 Å². The number of rotatable bonds is 4. The first-order valence-corrected chi connectivity index (χ1v) is 7.80. The Bertz CT molecular complexity index is 591. The van der Waals surface area contributed by atoms with Crippen molar-refractivity contribution in [2.24, 2.45) is 0 Å². The van der Waals surface area contributed by atoms with E-state index in [2.05, 4.69) is 5.32 Å². The van der Waals surface area contributed by atoms with Gasteiger partial charge in [0.05, 0.1) is 25.4 Å². The topological polar surface area (TPSA) is 59.6 Å². The van der Waals surface area contributed by atoms with Crippen LogP contribution < -0.4 is 15.4 Å². The maximum atomic E-state index is 13.3. The Labute approximate surface area is 137 Å². The van der Waals surface area contributed by atoms with Crippen LogP contribution in [-0.4, -0.2) is 37.6 Å². The number of amides is 2. The van der Waals surface area contributed by atoms with Gasteiger partial charge in [0.15, 0.2) is 6.04 Å². The third kappa shape index (κ3) is 3.58. The lowest BCUT2D eigenvalue weighted by molar-refractivity contribution is -0.155. The van der Waals surface area contributed by atoms with E-state index in [4.69, 9.17) is 9.47 Å². The Balaban J connectivity index is 1.66. The fourth-order valence-electron chi connectivity index (χ4n) is 3.28. The van der Waals surface area contributed by atoms with Crippen LogP contribution in [0, 0.1) is 0 Å². The van der Waals surface area contributed by atoms with Crippen molar-refractivity contribution in [1.82, 2.24) is 10.6 Å². The van der Waals surface area contributed by atoms with Gasteiger partial charge in [0.25, 0.3) is 0 Å². The first kappa shape index (κ1) is 16.9. The van der Waals surface area contributed by atoms with Gasteiger partial charge in [-0.1, -0.05) is 12.1 Å². The Hall–Kier alpha value is -1.96. The fourth-order valence-corrected chi connectivity index (χ4v) is 3.28. The maximum absolute atomic E-state index is 13.3. The molecule has 5 nitrogen and oxygen atoms in total. The van der Waals surface area contributed by atoms with Gasteiger partial charge in [0.1, 0.15) is 5.75 Å². The molecular formula is C16H19F3N2O3. The molecule has 2 aliphatic heterocycles. The number of benzene rings is 1. The Morgan fingerprint density at radius 3 is 2.50 bits per heavy atom. The van der Waals surface area contributed by atoms with E-state index >= 15 is 0 Å². The molecule has 0 aliphatic carbocycles. The molecule has 1 aromatic carbocycles. The largest absolute Gasteiger partial charge is 0.497 e. The van der Waals surface area contributed by atoms with Crippen LogP contribution in [0.15, 0.2) is 24.3 Å². The number of halogens is 3. The minimum Gasteiger partial charge on any atom is -0.497 e. The van der Waals surface area contributed by atoms with Gasteiger partial charge in [0.2, 0.25) is 0 Å². The summed E-state index contributed by atoms with van der Waals surface area (Å²) >= 11 is 0. The van der Waals surface area contributed by atoms with Gasteiger partial charge in [-0.05, 0) is 37.0 Å². The summed E-state index contributed by atoms with van der Waals surface area (Å²) in [6.07, 6.45) is -2.15. The molecule has 4 atom stereocenters. The van der Waals surface area contributed by atoms with Gasteiger partial charge < -0.3 is 20.1 Å². The predicted octanol–water partition coefficient (Wildman–Crippen LogP) is 2.92. The minimum absolute atomic E-state index is 0.0531. The van der Waals surface area contributed by atoms with E-state index in [9.17, 15) is 18.0 Å². The van der Waals surface area contributed by atoms with Crippen LogP contribution in [0.5, 0.6) is 5.75 Å². The lowest BCUT2D eigenvalue weighted by Gasteiger charge is -2.25. The first-order chi connectivity index (χ1) is 11.4. The average molecular weight is 344 g/mol. The highest BCUT2D eigenvalue weighted by molar-refractivity contribution is 5.75. The van der Waals surface area contributed by atoms with Crippen molar-refractivity contribution in [2.75, 3.05) is 7.11 Å². The molecule has 0 aromatic heterocycles. The molecule has 2 heterocycles. The van der Waals surface area contributed by atoms with Crippen molar-refractivity contribution in [3.8, 4) is 5.75 Å². The van der Waals surface area contributed by atoms with Gasteiger partial charge >= 0.3 is 12.2 Å². The van der Waals surface area contributed by atoms with E-state index < -0.39 is 18.2 Å². The third-order valence-electron chi connectivity index (χ3n) is 4.47. The SMILES string of the molecule is COc1ccc([C@H](NC(=O)N[C@@H]2C[C@H]3CC[C@H]2O3)C(F)(F)F)cc1. The van der Waals surface area contributed by atoms with Crippen LogP contribution in [0.25, 0.3) is 0 Å². The number of carbonyl (C=O) groups is 1. The molecule has 0 saturated carbocycles. The summed E-state index contributed by atoms with van der Waals surface area (Å²) in [5, 5.41) is 4.63. The van der Waals surface area contributed by atoms with Gasteiger partial charge in [0, 0.05) is 0 Å². The summed E-state index contributed by atoms with van der Waals surface area (Å²) in [6, 6.07) is 2.29. The maximum Gasteiger partial charge on any atom is 0.412 e. The van der Waals surface area contributed by atoms with Crippen LogP contribution in [-0.2, 0) is 4.74 Å². The van der Waals surface area contributed by atoms with Crippen LogP contribution in [0.3, 0.4) is 0 Å². The quantitative estimate of drug-likeness (QED) is 0.883. The van der Waals surface area contributed by atoms with Crippen LogP contribution in [0.2, 0.25) is 0 Å². The smallest absolute Gasteiger partial charge is 0.412 e. The van der Waals surface area contributed by atoms with Gasteiger partial charge in [-0.25, -0.2) is 4.79 Å². The standard InChI is InChI=1S/C16H19F3N2O3/c1-23-10-4-2-9(3-5-10)14(16(17,18)19)21-15(22)20-12-8-11-6-7-13(12)24-11/h2-5,11-14H,6-8H2,1H3,(H2,20,21,22)/t11-,12-,13-,14+/m1/s1. The molecule has 2 aliphatic rings. The summed E-state index contributed by atoms with van der Waals surface area (Å²) in [7, 11) is 1.43. The van der Waals surface area contributed by atoms with Crippen molar-refractivity contribution in [3.63, 3.8) is 0 Å². The molecule has 3 rings (SSSR count). The fraction of sp³-hybridized carbons (Fsp3) is 0.562. The number of alkyl halides is 3. The molecule has 0 unspecified atom stereocenters. The molecular weight excluding hydrogens is 325 g/mol. The van der Waals surface area contributed by atoms with E-state index in [1.807, 2.05) is 5.32 Å². The molecule has 132 valence electrons. The molecule has 2 bridgehead atoms. The van der Waals surface area contributed by atoms with Gasteiger partial charge in [-0.3, -0.25) is 0 Å². The van der Waals surface area contributed by atoms with E-state index in [1.54, 1.807) is 0 Å². The zero-order valence-electron chi connectivity index (χ0n) is 13.1. The number of hydrogen-bond donors (Lipinski definition) is 2. The normalized spacial score (nSPS) is 26.9. The second kappa shape index (κ2) is 6.51. The number of fused-ring (bicyclic) bond motifs is 2. The van der Waals surface area contributed by atoms with Crippen molar-refractivity contribution in [2.45, 2.75) is 49.7 Å². The lowest BCUT2D eigenvalue weighted by atomic mass is 9.96. The number of hydrogen-bond acceptors (Lipinski definition) is 3. The number of nitrogens with one attached hydrogen (secondary N) is 2. The number of carbonyl (C=O) groups excluding carboxylic acids is 1. The van der Waals surface area contributed by atoms with E-state index in [0.717, 1.165) is 12.8 Å². The molecule has 8 heteroatoms. The van der Waals surface area contributed by atoms with Gasteiger partial charge in [-0.15, -0.1) is 0 Å². The van der Waals surface area contributed by atoms with Crippen molar-refractivity contribution >= 4 is 6.03 Å². The second-order valence-corrected chi connectivity index (χ2v) is 6.08. The van der Waals surface area contributed by atoms with Crippen molar-refractivity contribution in [3.05, 3.63) is 29.8 Å².